The van der Waals surface area contributed by atoms with Gasteiger partial charge in [0.2, 0.25) is 0 Å². The molecule has 1 saturated heterocycles. The monoisotopic (exact) mass is 209 g/mol. The van der Waals surface area contributed by atoms with Crippen LogP contribution in [-0.4, -0.2) is 30.8 Å². The van der Waals surface area contributed by atoms with Crippen molar-refractivity contribution in [1.82, 2.24) is 4.90 Å². The summed E-state index contributed by atoms with van der Waals surface area (Å²) in [5.74, 6) is 1.88. The minimum atomic E-state index is -0.112. The molecule has 2 heteroatoms. The topological polar surface area (TPSA) is 20.3 Å². The first-order valence-electron chi connectivity index (χ1n) is 6.35. The lowest BCUT2D eigenvalue weighted by Crippen LogP contribution is -2.35. The highest BCUT2D eigenvalue weighted by atomic mass is 16.1. The molecule has 2 rings (SSSR count). The van der Waals surface area contributed by atoms with E-state index in [1.54, 1.807) is 0 Å². The van der Waals surface area contributed by atoms with Gasteiger partial charge in [0.15, 0.2) is 0 Å². The largest absolute Gasteiger partial charge is 0.303 e. The second kappa shape index (κ2) is 4.25. The Hall–Kier alpha value is -0.370. The number of fused-ring (bicyclic) bond motifs is 1. The Labute approximate surface area is 93.0 Å². The summed E-state index contributed by atoms with van der Waals surface area (Å²) in [7, 11) is 0. The van der Waals surface area contributed by atoms with Crippen LogP contribution < -0.4 is 0 Å². The van der Waals surface area contributed by atoms with E-state index in [1.165, 1.54) is 32.4 Å². The smallest absolute Gasteiger partial charge is 0.127 e. The van der Waals surface area contributed by atoms with Crippen LogP contribution >= 0.6 is 0 Å². The highest BCUT2D eigenvalue weighted by molar-refractivity contribution is 5.58. The number of hydrogen-bond acceptors (Lipinski definition) is 2. The molecule has 0 aromatic rings. The van der Waals surface area contributed by atoms with Gasteiger partial charge in [-0.1, -0.05) is 20.3 Å². The highest BCUT2D eigenvalue weighted by Crippen LogP contribution is 2.38. The summed E-state index contributed by atoms with van der Waals surface area (Å²) in [4.78, 5) is 13.6. The second-order valence-corrected chi connectivity index (χ2v) is 5.77. The minimum Gasteiger partial charge on any atom is -0.303 e. The van der Waals surface area contributed by atoms with Gasteiger partial charge in [0, 0.05) is 25.0 Å². The average molecular weight is 209 g/mol. The van der Waals surface area contributed by atoms with Crippen molar-refractivity contribution in [1.29, 1.82) is 0 Å². The summed E-state index contributed by atoms with van der Waals surface area (Å²) in [5, 5.41) is 0. The van der Waals surface area contributed by atoms with E-state index in [9.17, 15) is 4.79 Å². The van der Waals surface area contributed by atoms with Crippen molar-refractivity contribution in [2.75, 3.05) is 19.6 Å². The molecule has 0 aromatic heterocycles. The van der Waals surface area contributed by atoms with E-state index in [1.807, 2.05) is 0 Å². The SMILES string of the molecule is CCC(C)(C=O)CN1CC2CCCC2C1. The summed E-state index contributed by atoms with van der Waals surface area (Å²) >= 11 is 0. The van der Waals surface area contributed by atoms with Gasteiger partial charge in [-0.05, 0) is 31.1 Å². The molecule has 2 aliphatic rings. The first-order valence-corrected chi connectivity index (χ1v) is 6.35. The maximum atomic E-state index is 11.1. The van der Waals surface area contributed by atoms with Crippen LogP contribution in [0.2, 0.25) is 0 Å². The number of likely N-dealkylation sites (tertiary alicyclic amines) is 1. The molecule has 2 fully saturated rings. The van der Waals surface area contributed by atoms with Gasteiger partial charge in [-0.2, -0.15) is 0 Å². The van der Waals surface area contributed by atoms with Crippen LogP contribution in [0, 0.1) is 17.3 Å². The van der Waals surface area contributed by atoms with Crippen LogP contribution in [-0.2, 0) is 4.79 Å². The number of hydrogen-bond donors (Lipinski definition) is 0. The molecule has 86 valence electrons. The zero-order valence-corrected chi connectivity index (χ0v) is 10.0. The van der Waals surface area contributed by atoms with E-state index in [-0.39, 0.29) is 5.41 Å². The zero-order valence-electron chi connectivity index (χ0n) is 10.0. The summed E-state index contributed by atoms with van der Waals surface area (Å²) in [6, 6.07) is 0. The molecule has 3 unspecified atom stereocenters. The van der Waals surface area contributed by atoms with Crippen LogP contribution in [0.1, 0.15) is 39.5 Å². The number of carbonyl (C=O) groups excluding carboxylic acids is 1. The van der Waals surface area contributed by atoms with Gasteiger partial charge >= 0.3 is 0 Å². The molecule has 15 heavy (non-hydrogen) atoms. The van der Waals surface area contributed by atoms with Crippen LogP contribution in [0.5, 0.6) is 0 Å². The van der Waals surface area contributed by atoms with Gasteiger partial charge in [-0.15, -0.1) is 0 Å². The second-order valence-electron chi connectivity index (χ2n) is 5.77. The molecule has 0 bridgehead atoms. The lowest BCUT2D eigenvalue weighted by atomic mass is 9.89. The fraction of sp³-hybridized carbons (Fsp3) is 0.923. The maximum Gasteiger partial charge on any atom is 0.127 e. The minimum absolute atomic E-state index is 0.112. The predicted molar refractivity (Wildman–Crippen MR) is 61.7 cm³/mol. The third-order valence-electron chi connectivity index (χ3n) is 4.48. The number of rotatable bonds is 4. The fourth-order valence-electron chi connectivity index (χ4n) is 3.20. The Morgan fingerprint density at radius 2 is 1.93 bits per heavy atom. The number of carbonyl (C=O) groups is 1. The van der Waals surface area contributed by atoms with Crippen molar-refractivity contribution in [2.45, 2.75) is 39.5 Å². The lowest BCUT2D eigenvalue weighted by Gasteiger charge is -2.28. The number of aldehydes is 1. The normalized spacial score (nSPS) is 35.1. The molecular weight excluding hydrogens is 186 g/mol. The molecule has 1 heterocycles. The van der Waals surface area contributed by atoms with Gasteiger partial charge in [0.1, 0.15) is 6.29 Å². The third kappa shape index (κ3) is 2.25. The van der Waals surface area contributed by atoms with Gasteiger partial charge in [-0.25, -0.2) is 0 Å². The molecule has 1 aliphatic carbocycles. The third-order valence-corrected chi connectivity index (χ3v) is 4.48. The van der Waals surface area contributed by atoms with Crippen LogP contribution in [0.3, 0.4) is 0 Å². The quantitative estimate of drug-likeness (QED) is 0.662. The molecule has 1 saturated carbocycles. The number of nitrogens with zero attached hydrogens (tertiary/aromatic N) is 1. The van der Waals surface area contributed by atoms with Crippen molar-refractivity contribution in [2.24, 2.45) is 17.3 Å². The molecular formula is C13H23NO. The Kier molecular flexibility index (Phi) is 3.15. The first-order chi connectivity index (χ1) is 7.17. The summed E-state index contributed by atoms with van der Waals surface area (Å²) in [6.45, 7) is 7.67. The lowest BCUT2D eigenvalue weighted by molar-refractivity contribution is -0.116. The summed E-state index contributed by atoms with van der Waals surface area (Å²) < 4.78 is 0. The van der Waals surface area contributed by atoms with Gasteiger partial charge in [-0.3, -0.25) is 0 Å². The molecule has 0 radical (unpaired) electrons. The Morgan fingerprint density at radius 1 is 1.33 bits per heavy atom. The van der Waals surface area contributed by atoms with Crippen molar-refractivity contribution in [3.63, 3.8) is 0 Å². The molecule has 0 N–H and O–H groups in total. The Morgan fingerprint density at radius 3 is 2.40 bits per heavy atom. The highest BCUT2D eigenvalue weighted by Gasteiger charge is 2.38. The first kappa shape index (κ1) is 11.1. The van der Waals surface area contributed by atoms with Crippen LogP contribution in [0.15, 0.2) is 0 Å². The summed E-state index contributed by atoms with van der Waals surface area (Å²) in [6.07, 6.45) is 6.39. The molecule has 0 amide bonds. The van der Waals surface area contributed by atoms with Gasteiger partial charge in [0.05, 0.1) is 0 Å². The van der Waals surface area contributed by atoms with E-state index < -0.39 is 0 Å². The standard InChI is InChI=1S/C13H23NO/c1-3-13(2,10-15)9-14-7-11-5-4-6-12(11)8-14/h10-12H,3-9H2,1-2H3. The van der Waals surface area contributed by atoms with Crippen molar-refractivity contribution in [3.8, 4) is 0 Å². The van der Waals surface area contributed by atoms with E-state index >= 15 is 0 Å². The molecule has 3 atom stereocenters. The van der Waals surface area contributed by atoms with Gasteiger partial charge in [0.25, 0.3) is 0 Å². The van der Waals surface area contributed by atoms with Crippen LogP contribution in [0.4, 0.5) is 0 Å². The van der Waals surface area contributed by atoms with Gasteiger partial charge < -0.3 is 9.69 Å². The van der Waals surface area contributed by atoms with Crippen molar-refractivity contribution >= 4 is 6.29 Å². The molecule has 1 aliphatic heterocycles. The Balaban J connectivity index is 1.89. The fourth-order valence-corrected chi connectivity index (χ4v) is 3.20. The predicted octanol–water partition coefficient (Wildman–Crippen LogP) is 2.33. The van der Waals surface area contributed by atoms with Crippen molar-refractivity contribution < 1.29 is 4.79 Å². The van der Waals surface area contributed by atoms with Crippen molar-refractivity contribution in [3.05, 3.63) is 0 Å². The molecule has 0 aromatic carbocycles. The van der Waals surface area contributed by atoms with E-state index in [2.05, 4.69) is 18.7 Å². The van der Waals surface area contributed by atoms with E-state index in [0.717, 1.165) is 31.1 Å². The summed E-state index contributed by atoms with van der Waals surface area (Å²) in [5.41, 5.74) is -0.112. The average Bonchev–Trinajstić information content (AvgIpc) is 2.77. The zero-order chi connectivity index (χ0) is 10.9. The van der Waals surface area contributed by atoms with E-state index in [4.69, 9.17) is 0 Å². The molecule has 2 nitrogen and oxygen atoms in total. The van der Waals surface area contributed by atoms with E-state index in [0.29, 0.717) is 0 Å². The Bertz CT molecular complexity index is 229. The maximum absolute atomic E-state index is 11.1. The van der Waals surface area contributed by atoms with Crippen LogP contribution in [0.25, 0.3) is 0 Å². The molecule has 0 spiro atoms.